The van der Waals surface area contributed by atoms with E-state index in [9.17, 15) is 4.79 Å². The Morgan fingerprint density at radius 3 is 2.64 bits per heavy atom. The van der Waals surface area contributed by atoms with E-state index in [-0.39, 0.29) is 5.41 Å². The molecule has 0 saturated carbocycles. The molecule has 2 aromatic rings. The number of aromatic nitrogens is 6. The van der Waals surface area contributed by atoms with Gasteiger partial charge in [0, 0.05) is 31.0 Å². The number of hydrogen-bond acceptors (Lipinski definition) is 6. The largest absolute Gasteiger partial charge is 0.342 e. The topological polar surface area (TPSA) is 93.8 Å². The molecule has 1 amide bonds. The molecular formula is C19H30N8O. The molecule has 2 aliphatic rings. The van der Waals surface area contributed by atoms with E-state index in [4.69, 9.17) is 0 Å². The number of nitrogens with one attached hydrogen (secondary N) is 1. The van der Waals surface area contributed by atoms with Gasteiger partial charge in [-0.15, -0.1) is 10.2 Å². The van der Waals surface area contributed by atoms with Crippen molar-refractivity contribution >= 4 is 5.91 Å². The van der Waals surface area contributed by atoms with Crippen LogP contribution in [0.4, 0.5) is 0 Å². The molecule has 9 heteroatoms. The van der Waals surface area contributed by atoms with E-state index in [2.05, 4.69) is 48.9 Å². The van der Waals surface area contributed by atoms with Crippen LogP contribution in [-0.2, 0) is 17.9 Å². The number of nitrogens with zero attached hydrogens (tertiary/aromatic N) is 7. The molecule has 2 fully saturated rings. The third-order valence-electron chi connectivity index (χ3n) is 6.31. The highest BCUT2D eigenvalue weighted by molar-refractivity contribution is 5.82. The highest BCUT2D eigenvalue weighted by Gasteiger charge is 2.39. The first-order valence-electron chi connectivity index (χ1n) is 10.3. The van der Waals surface area contributed by atoms with Gasteiger partial charge in [-0.1, -0.05) is 6.92 Å². The van der Waals surface area contributed by atoms with Crippen LogP contribution in [0.1, 0.15) is 57.1 Å². The average molecular weight is 387 g/mol. The van der Waals surface area contributed by atoms with Crippen molar-refractivity contribution in [3.05, 3.63) is 24.3 Å². The summed E-state index contributed by atoms with van der Waals surface area (Å²) in [6.45, 7) is 9.14. The van der Waals surface area contributed by atoms with Crippen molar-refractivity contribution < 1.29 is 4.79 Å². The fourth-order valence-corrected chi connectivity index (χ4v) is 4.49. The molecule has 1 N–H and O–H groups in total. The molecule has 0 bridgehead atoms. The Morgan fingerprint density at radius 2 is 2.00 bits per heavy atom. The summed E-state index contributed by atoms with van der Waals surface area (Å²) in [6, 6.07) is 0. The van der Waals surface area contributed by atoms with Gasteiger partial charge in [0.1, 0.15) is 25.0 Å². The maximum Gasteiger partial charge on any atom is 0.228 e. The fourth-order valence-electron chi connectivity index (χ4n) is 4.49. The van der Waals surface area contributed by atoms with Crippen LogP contribution in [0.25, 0.3) is 0 Å². The highest BCUT2D eigenvalue weighted by atomic mass is 16.2. The van der Waals surface area contributed by atoms with Gasteiger partial charge < -0.3 is 14.8 Å². The summed E-state index contributed by atoms with van der Waals surface area (Å²) in [5.41, 5.74) is -0.202. The van der Waals surface area contributed by atoms with Gasteiger partial charge in [-0.2, -0.15) is 5.10 Å². The summed E-state index contributed by atoms with van der Waals surface area (Å²) in [5, 5.41) is 16.4. The van der Waals surface area contributed by atoms with Crippen LogP contribution < -0.4 is 5.32 Å². The van der Waals surface area contributed by atoms with Gasteiger partial charge in [0.15, 0.2) is 5.82 Å². The minimum Gasteiger partial charge on any atom is -0.342 e. The lowest BCUT2D eigenvalue weighted by molar-refractivity contribution is -0.143. The third kappa shape index (κ3) is 3.67. The number of carbonyl (C=O) groups excluding carboxylic acids is 1. The first-order chi connectivity index (χ1) is 13.6. The number of piperidine rings is 2. The Bertz CT molecular complexity index is 785. The van der Waals surface area contributed by atoms with Crippen LogP contribution in [0.15, 0.2) is 12.7 Å². The number of likely N-dealkylation sites (tertiary alicyclic amines) is 1. The Kier molecular flexibility index (Phi) is 5.43. The molecule has 0 unspecified atom stereocenters. The number of carbonyl (C=O) groups is 1. The lowest BCUT2D eigenvalue weighted by atomic mass is 9.79. The van der Waals surface area contributed by atoms with E-state index < -0.39 is 0 Å². The van der Waals surface area contributed by atoms with Crippen molar-refractivity contribution in [2.45, 2.75) is 58.5 Å². The van der Waals surface area contributed by atoms with E-state index in [0.29, 0.717) is 18.4 Å². The molecule has 9 nitrogen and oxygen atoms in total. The first kappa shape index (κ1) is 19.0. The second kappa shape index (κ2) is 7.98. The average Bonchev–Trinajstić information content (AvgIpc) is 3.38. The summed E-state index contributed by atoms with van der Waals surface area (Å²) in [4.78, 5) is 19.1. The SMILES string of the molecule is CCn1c(Cn2cncn2)nnc1C1CCN(C(=O)C2(C)CCNCC2)CC1. The van der Waals surface area contributed by atoms with Crippen molar-refractivity contribution in [3.63, 3.8) is 0 Å². The molecule has 4 rings (SSSR count). The molecule has 2 saturated heterocycles. The number of rotatable bonds is 5. The summed E-state index contributed by atoms with van der Waals surface area (Å²) in [6.07, 6.45) is 6.98. The maximum atomic E-state index is 13.1. The van der Waals surface area contributed by atoms with Gasteiger partial charge in [0.2, 0.25) is 5.91 Å². The number of amides is 1. The van der Waals surface area contributed by atoms with E-state index in [0.717, 1.165) is 70.1 Å². The van der Waals surface area contributed by atoms with Crippen LogP contribution in [0.3, 0.4) is 0 Å². The monoisotopic (exact) mass is 386 g/mol. The van der Waals surface area contributed by atoms with Crippen LogP contribution >= 0.6 is 0 Å². The Hall–Kier alpha value is -2.29. The van der Waals surface area contributed by atoms with Gasteiger partial charge in [-0.05, 0) is 45.7 Å². The molecule has 0 atom stereocenters. The Labute approximate surface area is 165 Å². The Morgan fingerprint density at radius 1 is 1.25 bits per heavy atom. The van der Waals surface area contributed by atoms with E-state index in [1.165, 1.54) is 6.33 Å². The van der Waals surface area contributed by atoms with Gasteiger partial charge >= 0.3 is 0 Å². The standard InChI is InChI=1S/C19H30N8O/c1-3-27-16(12-26-14-21-13-22-26)23-24-17(27)15-4-10-25(11-5-15)18(28)19(2)6-8-20-9-7-19/h13-15,20H,3-12H2,1-2H3. The van der Waals surface area contributed by atoms with Crippen LogP contribution in [0.2, 0.25) is 0 Å². The summed E-state index contributed by atoms with van der Waals surface area (Å²) < 4.78 is 3.96. The summed E-state index contributed by atoms with van der Waals surface area (Å²) >= 11 is 0. The minimum atomic E-state index is -0.202. The van der Waals surface area contributed by atoms with E-state index in [1.54, 1.807) is 11.0 Å². The molecule has 28 heavy (non-hydrogen) atoms. The van der Waals surface area contributed by atoms with Gasteiger partial charge in [-0.3, -0.25) is 4.79 Å². The molecule has 0 spiro atoms. The smallest absolute Gasteiger partial charge is 0.228 e. The maximum absolute atomic E-state index is 13.1. The lowest BCUT2D eigenvalue weighted by Gasteiger charge is -2.40. The molecule has 0 aromatic carbocycles. The molecule has 0 aliphatic carbocycles. The zero-order valence-corrected chi connectivity index (χ0v) is 16.8. The molecule has 2 aromatic heterocycles. The van der Waals surface area contributed by atoms with Gasteiger partial charge in [-0.25, -0.2) is 9.67 Å². The Balaban J connectivity index is 1.41. The van der Waals surface area contributed by atoms with Crippen molar-refractivity contribution in [3.8, 4) is 0 Å². The molecule has 0 radical (unpaired) electrons. The zero-order chi connectivity index (χ0) is 19.6. The second-order valence-corrected chi connectivity index (χ2v) is 8.19. The molecule has 152 valence electrons. The van der Waals surface area contributed by atoms with Crippen molar-refractivity contribution in [1.29, 1.82) is 0 Å². The van der Waals surface area contributed by atoms with Crippen LogP contribution in [-0.4, -0.2) is 66.5 Å². The lowest BCUT2D eigenvalue weighted by Crippen LogP contribution is -2.49. The summed E-state index contributed by atoms with van der Waals surface area (Å²) in [7, 11) is 0. The predicted octanol–water partition coefficient (Wildman–Crippen LogP) is 1.03. The highest BCUT2D eigenvalue weighted by Crippen LogP contribution is 2.34. The minimum absolute atomic E-state index is 0.202. The van der Waals surface area contributed by atoms with Crippen molar-refractivity contribution in [1.82, 2.24) is 39.7 Å². The quantitative estimate of drug-likeness (QED) is 0.825. The van der Waals surface area contributed by atoms with E-state index >= 15 is 0 Å². The summed E-state index contributed by atoms with van der Waals surface area (Å²) in [5.74, 6) is 2.62. The number of hydrogen-bond donors (Lipinski definition) is 1. The van der Waals surface area contributed by atoms with E-state index in [1.807, 2.05) is 0 Å². The molecular weight excluding hydrogens is 356 g/mol. The third-order valence-corrected chi connectivity index (χ3v) is 6.31. The zero-order valence-electron chi connectivity index (χ0n) is 16.8. The van der Waals surface area contributed by atoms with Gasteiger partial charge in [0.25, 0.3) is 0 Å². The van der Waals surface area contributed by atoms with Gasteiger partial charge in [0.05, 0.1) is 0 Å². The predicted molar refractivity (Wildman–Crippen MR) is 104 cm³/mol. The van der Waals surface area contributed by atoms with Crippen molar-refractivity contribution in [2.75, 3.05) is 26.2 Å². The first-order valence-corrected chi connectivity index (χ1v) is 10.3. The second-order valence-electron chi connectivity index (χ2n) is 8.19. The molecule has 4 heterocycles. The molecule has 2 aliphatic heterocycles. The normalized spacial score (nSPS) is 20.4. The van der Waals surface area contributed by atoms with Crippen LogP contribution in [0.5, 0.6) is 0 Å². The van der Waals surface area contributed by atoms with Crippen LogP contribution in [0, 0.1) is 5.41 Å². The fraction of sp³-hybridized carbons (Fsp3) is 0.737. The van der Waals surface area contributed by atoms with Crippen molar-refractivity contribution in [2.24, 2.45) is 5.41 Å².